The Morgan fingerprint density at radius 2 is 1.58 bits per heavy atom. The van der Waals surface area contributed by atoms with Crippen LogP contribution in [0, 0.1) is 5.82 Å². The summed E-state index contributed by atoms with van der Waals surface area (Å²) in [5, 5.41) is 4.15. The van der Waals surface area contributed by atoms with E-state index in [-0.39, 0.29) is 20.5 Å². The number of para-hydroxylation sites is 1. The van der Waals surface area contributed by atoms with Gasteiger partial charge < -0.3 is 5.32 Å². The third-order valence-corrected chi connectivity index (χ3v) is 10.8. The number of thiophene rings is 1. The molecule has 0 atom stereocenters. The van der Waals surface area contributed by atoms with Crippen molar-refractivity contribution >= 4 is 48.7 Å². The molecular weight excluding hydrogens is 525 g/mol. The van der Waals surface area contributed by atoms with Crippen molar-refractivity contribution in [3.8, 4) is 0 Å². The van der Waals surface area contributed by atoms with Crippen LogP contribution in [-0.4, -0.2) is 46.7 Å². The van der Waals surface area contributed by atoms with Crippen molar-refractivity contribution in [3.05, 3.63) is 71.9 Å². The van der Waals surface area contributed by atoms with Gasteiger partial charge in [0, 0.05) is 18.8 Å². The molecule has 0 spiro atoms. The smallest absolute Gasteiger partial charge is 0.274 e. The van der Waals surface area contributed by atoms with Gasteiger partial charge >= 0.3 is 0 Å². The number of benzene rings is 2. The molecule has 1 amide bonds. The van der Waals surface area contributed by atoms with Gasteiger partial charge in [0.05, 0.1) is 10.6 Å². The van der Waals surface area contributed by atoms with Crippen LogP contribution in [0.4, 0.5) is 15.8 Å². The predicted molar refractivity (Wildman–Crippen MR) is 138 cm³/mol. The van der Waals surface area contributed by atoms with Gasteiger partial charge in [0.1, 0.15) is 16.6 Å². The van der Waals surface area contributed by atoms with E-state index in [1.54, 1.807) is 11.4 Å². The topological polar surface area (TPSA) is 104 Å². The van der Waals surface area contributed by atoms with Gasteiger partial charge in [0.2, 0.25) is 15.9 Å². The third kappa shape index (κ3) is 5.77. The van der Waals surface area contributed by atoms with Crippen LogP contribution in [0.3, 0.4) is 0 Å². The van der Waals surface area contributed by atoms with Gasteiger partial charge in [-0.05, 0) is 60.7 Å². The standard InChI is InChI=1S/C24H26FN3O5S3/c25-21-8-3-4-9-22(21)28(36(32,33)24-10-7-17-34-24)18-23(29)26-19-11-13-20(14-12-19)35(30,31)27-15-5-1-2-6-16-27/h3-4,7-14,17H,1-2,5-6,15-16,18H2,(H,26,29). The van der Waals surface area contributed by atoms with Crippen molar-refractivity contribution in [1.82, 2.24) is 4.31 Å². The minimum absolute atomic E-state index is 0.0263. The van der Waals surface area contributed by atoms with Crippen LogP contribution in [0.25, 0.3) is 0 Å². The Hall–Kier alpha value is -2.80. The van der Waals surface area contributed by atoms with Gasteiger partial charge in [-0.25, -0.2) is 21.2 Å². The summed E-state index contributed by atoms with van der Waals surface area (Å²) in [7, 11) is -7.84. The van der Waals surface area contributed by atoms with E-state index < -0.39 is 38.3 Å². The zero-order chi connectivity index (χ0) is 25.8. The number of carbonyl (C=O) groups is 1. The Kier molecular flexibility index (Phi) is 8.08. The van der Waals surface area contributed by atoms with Crippen molar-refractivity contribution < 1.29 is 26.0 Å². The second-order valence-electron chi connectivity index (χ2n) is 8.29. The molecule has 192 valence electrons. The number of hydrogen-bond donors (Lipinski definition) is 1. The molecule has 0 saturated carbocycles. The monoisotopic (exact) mass is 551 g/mol. The van der Waals surface area contributed by atoms with E-state index in [4.69, 9.17) is 0 Å². The molecule has 1 aliphatic heterocycles. The highest BCUT2D eigenvalue weighted by molar-refractivity contribution is 7.94. The van der Waals surface area contributed by atoms with Gasteiger partial charge in [0.25, 0.3) is 10.0 Å². The summed E-state index contributed by atoms with van der Waals surface area (Å²) >= 11 is 0.962. The van der Waals surface area contributed by atoms with E-state index in [1.807, 2.05) is 0 Å². The zero-order valence-electron chi connectivity index (χ0n) is 19.3. The number of nitrogens with zero attached hydrogens (tertiary/aromatic N) is 2. The minimum atomic E-state index is -4.20. The quantitative estimate of drug-likeness (QED) is 0.450. The first-order valence-corrected chi connectivity index (χ1v) is 15.2. The normalized spacial score (nSPS) is 15.2. The summed E-state index contributed by atoms with van der Waals surface area (Å²) in [4.78, 5) is 12.9. The van der Waals surface area contributed by atoms with Crippen LogP contribution >= 0.6 is 11.3 Å². The second-order valence-corrected chi connectivity index (χ2v) is 13.3. The summed E-state index contributed by atoms with van der Waals surface area (Å²) in [5.41, 5.74) is 0.0387. The third-order valence-electron chi connectivity index (χ3n) is 5.79. The van der Waals surface area contributed by atoms with Gasteiger partial charge in [-0.1, -0.05) is 31.0 Å². The number of carbonyl (C=O) groups excluding carboxylic acids is 1. The van der Waals surface area contributed by atoms with Gasteiger partial charge in [-0.2, -0.15) is 4.31 Å². The SMILES string of the molecule is O=C(CN(c1ccccc1F)S(=O)(=O)c1cccs1)Nc1ccc(S(=O)(=O)N2CCCCCC2)cc1. The number of rotatable bonds is 8. The molecule has 1 saturated heterocycles. The first-order chi connectivity index (χ1) is 17.2. The highest BCUT2D eigenvalue weighted by Gasteiger charge is 2.30. The lowest BCUT2D eigenvalue weighted by molar-refractivity contribution is -0.114. The Bertz CT molecular complexity index is 1400. The number of hydrogen-bond acceptors (Lipinski definition) is 6. The van der Waals surface area contributed by atoms with Crippen molar-refractivity contribution in [2.45, 2.75) is 34.8 Å². The molecule has 1 fully saturated rings. The molecule has 0 aliphatic carbocycles. The van der Waals surface area contributed by atoms with Gasteiger partial charge in [-0.15, -0.1) is 11.3 Å². The largest absolute Gasteiger partial charge is 0.325 e. The van der Waals surface area contributed by atoms with Crippen molar-refractivity contribution in [2.75, 3.05) is 29.3 Å². The van der Waals surface area contributed by atoms with Crippen LogP contribution in [-0.2, 0) is 24.8 Å². The Morgan fingerprint density at radius 3 is 2.19 bits per heavy atom. The molecule has 4 rings (SSSR count). The van der Waals surface area contributed by atoms with Gasteiger partial charge in [0.15, 0.2) is 0 Å². The molecule has 36 heavy (non-hydrogen) atoms. The van der Waals surface area contributed by atoms with E-state index >= 15 is 0 Å². The fraction of sp³-hybridized carbons (Fsp3) is 0.292. The van der Waals surface area contributed by atoms with Crippen LogP contribution in [0.15, 0.2) is 75.1 Å². The average Bonchev–Trinajstić information content (AvgIpc) is 3.27. The van der Waals surface area contributed by atoms with Crippen LogP contribution < -0.4 is 9.62 Å². The summed E-state index contributed by atoms with van der Waals surface area (Å²) in [6.45, 7) is 0.284. The fourth-order valence-electron chi connectivity index (χ4n) is 3.94. The second kappa shape index (κ2) is 11.1. The van der Waals surface area contributed by atoms with Crippen molar-refractivity contribution in [3.63, 3.8) is 0 Å². The van der Waals surface area contributed by atoms with Crippen molar-refractivity contribution in [2.24, 2.45) is 0 Å². The van der Waals surface area contributed by atoms with E-state index in [0.717, 1.165) is 47.4 Å². The maximum absolute atomic E-state index is 14.5. The van der Waals surface area contributed by atoms with Crippen molar-refractivity contribution in [1.29, 1.82) is 0 Å². The van der Waals surface area contributed by atoms with E-state index in [9.17, 15) is 26.0 Å². The molecule has 8 nitrogen and oxygen atoms in total. The minimum Gasteiger partial charge on any atom is -0.325 e. The van der Waals surface area contributed by atoms with Gasteiger partial charge in [-0.3, -0.25) is 9.10 Å². The number of nitrogens with one attached hydrogen (secondary N) is 1. The maximum atomic E-state index is 14.5. The number of halogens is 1. The highest BCUT2D eigenvalue weighted by atomic mass is 32.2. The van der Waals surface area contributed by atoms with Crippen LogP contribution in [0.1, 0.15) is 25.7 Å². The van der Waals surface area contributed by atoms with E-state index in [0.29, 0.717) is 13.1 Å². The van der Waals surface area contributed by atoms with E-state index in [1.165, 1.54) is 52.8 Å². The Balaban J connectivity index is 1.52. The molecule has 2 heterocycles. The first kappa shape index (κ1) is 26.3. The maximum Gasteiger partial charge on any atom is 0.274 e. The number of sulfonamides is 2. The lowest BCUT2D eigenvalue weighted by Gasteiger charge is -2.23. The van der Waals surface area contributed by atoms with E-state index in [2.05, 4.69) is 5.32 Å². The molecule has 0 bridgehead atoms. The summed E-state index contributed by atoms with van der Waals surface area (Å²) in [5.74, 6) is -1.49. The lowest BCUT2D eigenvalue weighted by Crippen LogP contribution is -2.38. The zero-order valence-corrected chi connectivity index (χ0v) is 21.8. The molecule has 0 radical (unpaired) electrons. The molecule has 1 aromatic heterocycles. The Morgan fingerprint density at radius 1 is 0.917 bits per heavy atom. The molecule has 0 unspecified atom stereocenters. The molecular formula is C24H26FN3O5S3. The summed E-state index contributed by atoms with van der Waals surface area (Å²) < 4.78 is 69.0. The molecule has 2 aromatic carbocycles. The predicted octanol–water partition coefficient (Wildman–Crippen LogP) is 4.29. The lowest BCUT2D eigenvalue weighted by atomic mass is 10.2. The first-order valence-electron chi connectivity index (χ1n) is 11.4. The molecule has 12 heteroatoms. The summed E-state index contributed by atoms with van der Waals surface area (Å²) in [6, 6.07) is 14.0. The Labute approximate surface area is 214 Å². The van der Waals surface area contributed by atoms with Crippen LogP contribution in [0.5, 0.6) is 0 Å². The molecule has 1 N–H and O–H groups in total. The number of amides is 1. The molecule has 3 aromatic rings. The highest BCUT2D eigenvalue weighted by Crippen LogP contribution is 2.28. The molecule has 1 aliphatic rings. The fourth-order valence-corrected chi connectivity index (χ4v) is 8.00. The van der Waals surface area contributed by atoms with Crippen LogP contribution in [0.2, 0.25) is 0 Å². The average molecular weight is 552 g/mol. The summed E-state index contributed by atoms with van der Waals surface area (Å²) in [6.07, 6.45) is 3.65. The number of anilines is 2.